The minimum Gasteiger partial charge on any atom is -0.436 e. The normalized spacial score (nSPS) is 14.1. The number of hydrogen-bond donors (Lipinski definition) is 2. The van der Waals surface area contributed by atoms with Crippen molar-refractivity contribution >= 4 is 10.9 Å². The van der Waals surface area contributed by atoms with Crippen molar-refractivity contribution in [3.05, 3.63) is 47.8 Å². The standard InChI is InChI=1S/C15H13FN4O/c16-14-9-4-6-18-11(9)1-2-13(14)21-15-10-3-5-17-7-12(10)19-8-20-15/h1-2,4,6,8,17-18H,3,5,7H2. The van der Waals surface area contributed by atoms with Crippen molar-refractivity contribution in [3.8, 4) is 11.6 Å². The van der Waals surface area contributed by atoms with Crippen LogP contribution in [0, 0.1) is 5.82 Å². The van der Waals surface area contributed by atoms with Crippen LogP contribution in [-0.2, 0) is 13.0 Å². The van der Waals surface area contributed by atoms with Gasteiger partial charge in [-0.1, -0.05) is 0 Å². The van der Waals surface area contributed by atoms with Crippen molar-refractivity contribution < 1.29 is 9.13 Å². The lowest BCUT2D eigenvalue weighted by molar-refractivity contribution is 0.418. The molecule has 2 N–H and O–H groups in total. The molecule has 6 heteroatoms. The third-order valence-electron chi connectivity index (χ3n) is 3.68. The van der Waals surface area contributed by atoms with Crippen LogP contribution in [0.25, 0.3) is 10.9 Å². The van der Waals surface area contributed by atoms with Crippen molar-refractivity contribution in [1.29, 1.82) is 0 Å². The molecule has 0 saturated carbocycles. The van der Waals surface area contributed by atoms with Gasteiger partial charge in [0.05, 0.1) is 5.69 Å². The Bertz CT molecular complexity index is 815. The van der Waals surface area contributed by atoms with Crippen molar-refractivity contribution in [2.45, 2.75) is 13.0 Å². The number of rotatable bonds is 2. The van der Waals surface area contributed by atoms with Gasteiger partial charge < -0.3 is 15.0 Å². The van der Waals surface area contributed by atoms with Crippen LogP contribution in [0.4, 0.5) is 4.39 Å². The SMILES string of the molecule is Fc1c(Oc2ncnc3c2CCNC3)ccc2[nH]ccc12. The molecule has 0 amide bonds. The van der Waals surface area contributed by atoms with Crippen LogP contribution in [0.2, 0.25) is 0 Å². The van der Waals surface area contributed by atoms with Gasteiger partial charge in [-0.2, -0.15) is 0 Å². The maximum absolute atomic E-state index is 14.4. The van der Waals surface area contributed by atoms with Crippen molar-refractivity contribution in [3.63, 3.8) is 0 Å². The summed E-state index contributed by atoms with van der Waals surface area (Å²) in [7, 11) is 0. The predicted molar refractivity (Wildman–Crippen MR) is 75.8 cm³/mol. The molecule has 0 fully saturated rings. The van der Waals surface area contributed by atoms with Crippen LogP contribution in [0.3, 0.4) is 0 Å². The molecule has 3 aromatic rings. The zero-order valence-electron chi connectivity index (χ0n) is 11.2. The Morgan fingerprint density at radius 2 is 2.14 bits per heavy atom. The molecule has 21 heavy (non-hydrogen) atoms. The summed E-state index contributed by atoms with van der Waals surface area (Å²) in [4.78, 5) is 11.4. The van der Waals surface area contributed by atoms with Crippen LogP contribution in [0.5, 0.6) is 11.6 Å². The minimum atomic E-state index is -0.380. The Balaban J connectivity index is 1.76. The summed E-state index contributed by atoms with van der Waals surface area (Å²) in [6.07, 6.45) is 3.93. The second kappa shape index (κ2) is 4.82. The fourth-order valence-corrected chi connectivity index (χ4v) is 2.60. The van der Waals surface area contributed by atoms with Crippen molar-refractivity contribution in [1.82, 2.24) is 20.3 Å². The fraction of sp³-hybridized carbons (Fsp3) is 0.200. The summed E-state index contributed by atoms with van der Waals surface area (Å²) in [6, 6.07) is 5.10. The molecule has 1 aliphatic heterocycles. The molecule has 0 spiro atoms. The van der Waals surface area contributed by atoms with Gasteiger partial charge in [0.2, 0.25) is 5.88 Å². The van der Waals surface area contributed by atoms with Gasteiger partial charge in [-0.15, -0.1) is 0 Å². The van der Waals surface area contributed by atoms with Gasteiger partial charge in [-0.3, -0.25) is 0 Å². The van der Waals surface area contributed by atoms with Crippen molar-refractivity contribution in [2.75, 3.05) is 6.54 Å². The number of fused-ring (bicyclic) bond motifs is 2. The molecule has 4 rings (SSSR count). The Hall–Kier alpha value is -2.47. The minimum absolute atomic E-state index is 0.182. The Morgan fingerprint density at radius 3 is 3.10 bits per heavy atom. The first kappa shape index (κ1) is 12.3. The highest BCUT2D eigenvalue weighted by Crippen LogP contribution is 2.31. The lowest BCUT2D eigenvalue weighted by Crippen LogP contribution is -2.25. The summed E-state index contributed by atoms with van der Waals surface area (Å²) >= 11 is 0. The van der Waals surface area contributed by atoms with E-state index in [4.69, 9.17) is 4.74 Å². The van der Waals surface area contributed by atoms with Gasteiger partial charge >= 0.3 is 0 Å². The van der Waals surface area contributed by atoms with Crippen molar-refractivity contribution in [2.24, 2.45) is 0 Å². The first-order valence-corrected chi connectivity index (χ1v) is 6.80. The maximum atomic E-state index is 14.4. The molecule has 0 aliphatic carbocycles. The van der Waals surface area contributed by atoms with Crippen LogP contribution in [0.15, 0.2) is 30.7 Å². The molecule has 0 radical (unpaired) electrons. The summed E-state index contributed by atoms with van der Waals surface area (Å²) < 4.78 is 20.1. The number of nitrogens with one attached hydrogen (secondary N) is 2. The molecule has 0 atom stereocenters. The highest BCUT2D eigenvalue weighted by molar-refractivity contribution is 5.81. The largest absolute Gasteiger partial charge is 0.436 e. The van der Waals surface area contributed by atoms with Gasteiger partial charge in [0.1, 0.15) is 6.33 Å². The average molecular weight is 284 g/mol. The van der Waals surface area contributed by atoms with E-state index in [1.54, 1.807) is 24.4 Å². The zero-order valence-corrected chi connectivity index (χ0v) is 11.2. The number of benzene rings is 1. The van der Waals surface area contributed by atoms with Gasteiger partial charge in [0, 0.05) is 29.2 Å². The van der Waals surface area contributed by atoms with E-state index in [0.29, 0.717) is 17.8 Å². The second-order valence-electron chi connectivity index (χ2n) is 4.95. The van der Waals surface area contributed by atoms with E-state index in [-0.39, 0.29) is 11.6 Å². The highest BCUT2D eigenvalue weighted by Gasteiger charge is 2.18. The second-order valence-corrected chi connectivity index (χ2v) is 4.95. The fourth-order valence-electron chi connectivity index (χ4n) is 2.60. The molecule has 2 aromatic heterocycles. The number of halogens is 1. The summed E-state index contributed by atoms with van der Waals surface area (Å²) in [6.45, 7) is 1.53. The number of H-pyrrole nitrogens is 1. The zero-order chi connectivity index (χ0) is 14.2. The molecule has 1 aromatic carbocycles. The van der Waals surface area contributed by atoms with Crippen LogP contribution in [0.1, 0.15) is 11.3 Å². The van der Waals surface area contributed by atoms with E-state index in [1.807, 2.05) is 0 Å². The van der Waals surface area contributed by atoms with E-state index in [0.717, 1.165) is 29.7 Å². The van der Waals surface area contributed by atoms with E-state index in [1.165, 1.54) is 6.33 Å². The lowest BCUT2D eigenvalue weighted by Gasteiger charge is -2.18. The molecule has 0 bridgehead atoms. The summed E-state index contributed by atoms with van der Waals surface area (Å²) in [5.74, 6) is 0.242. The first-order chi connectivity index (χ1) is 10.3. The molecule has 3 heterocycles. The first-order valence-electron chi connectivity index (χ1n) is 6.80. The Labute approximate surface area is 120 Å². The third-order valence-corrected chi connectivity index (χ3v) is 3.68. The molecule has 0 unspecified atom stereocenters. The van der Waals surface area contributed by atoms with E-state index in [2.05, 4.69) is 20.3 Å². The maximum Gasteiger partial charge on any atom is 0.225 e. The lowest BCUT2D eigenvalue weighted by atomic mass is 10.1. The molecule has 1 aliphatic rings. The molecular formula is C15H13FN4O. The number of aromatic nitrogens is 3. The Morgan fingerprint density at radius 1 is 1.19 bits per heavy atom. The number of hydrogen-bond acceptors (Lipinski definition) is 4. The molecule has 0 saturated heterocycles. The number of ether oxygens (including phenoxy) is 1. The van der Waals surface area contributed by atoms with Crippen LogP contribution >= 0.6 is 0 Å². The van der Waals surface area contributed by atoms with Crippen LogP contribution < -0.4 is 10.1 Å². The Kier molecular flexibility index (Phi) is 2.82. The monoisotopic (exact) mass is 284 g/mol. The molecule has 106 valence electrons. The number of nitrogens with zero attached hydrogens (tertiary/aromatic N) is 2. The highest BCUT2D eigenvalue weighted by atomic mass is 19.1. The van der Waals surface area contributed by atoms with Gasteiger partial charge in [-0.05, 0) is 31.2 Å². The molecular weight excluding hydrogens is 271 g/mol. The summed E-state index contributed by atoms with van der Waals surface area (Å²) in [5.41, 5.74) is 2.60. The van der Waals surface area contributed by atoms with Gasteiger partial charge in [0.15, 0.2) is 11.6 Å². The molecule has 5 nitrogen and oxygen atoms in total. The third kappa shape index (κ3) is 2.04. The van der Waals surface area contributed by atoms with E-state index in [9.17, 15) is 4.39 Å². The quantitative estimate of drug-likeness (QED) is 0.759. The average Bonchev–Trinajstić information content (AvgIpc) is 3.00. The van der Waals surface area contributed by atoms with Gasteiger partial charge in [-0.25, -0.2) is 14.4 Å². The smallest absolute Gasteiger partial charge is 0.225 e. The van der Waals surface area contributed by atoms with E-state index < -0.39 is 0 Å². The predicted octanol–water partition coefficient (Wildman–Crippen LogP) is 2.54. The number of aromatic amines is 1. The van der Waals surface area contributed by atoms with Crippen LogP contribution in [-0.4, -0.2) is 21.5 Å². The summed E-state index contributed by atoms with van der Waals surface area (Å²) in [5, 5.41) is 3.75. The van der Waals surface area contributed by atoms with Gasteiger partial charge in [0.25, 0.3) is 0 Å². The van der Waals surface area contributed by atoms with E-state index >= 15 is 0 Å². The topological polar surface area (TPSA) is 62.8 Å².